The minimum absolute atomic E-state index is 0. The Hall–Kier alpha value is -1.59. The predicted octanol–water partition coefficient (Wildman–Crippen LogP) is 2.71. The number of hydrogen-bond acceptors (Lipinski definition) is 4. The van der Waals surface area contributed by atoms with Gasteiger partial charge in [0.25, 0.3) is 0 Å². The van der Waals surface area contributed by atoms with Crippen LogP contribution in [0.25, 0.3) is 0 Å². The number of carbonyl (C=O) groups is 2. The number of rotatable bonds is 10. The molecule has 6 heteroatoms. The molecule has 1 unspecified atom stereocenters. The Balaban J connectivity index is 0.00000484. The third-order valence-electron chi connectivity index (χ3n) is 3.15. The molecular formula is C17H27ClN2O3. The largest absolute Gasteiger partial charge is 0.494 e. The molecule has 1 aromatic carbocycles. The lowest BCUT2D eigenvalue weighted by atomic mass is 10.1. The van der Waals surface area contributed by atoms with E-state index in [1.54, 1.807) is 24.3 Å². The Bertz CT molecular complexity index is 475. The van der Waals surface area contributed by atoms with E-state index in [0.29, 0.717) is 18.7 Å². The van der Waals surface area contributed by atoms with Gasteiger partial charge in [0.2, 0.25) is 5.91 Å². The first-order chi connectivity index (χ1) is 10.5. The molecular weight excluding hydrogens is 316 g/mol. The van der Waals surface area contributed by atoms with Gasteiger partial charge >= 0.3 is 0 Å². The maximum Gasteiger partial charge on any atom is 0.220 e. The molecule has 130 valence electrons. The highest BCUT2D eigenvalue weighted by Crippen LogP contribution is 2.14. The molecule has 1 amide bonds. The van der Waals surface area contributed by atoms with Gasteiger partial charge in [-0.2, -0.15) is 0 Å². The lowest BCUT2D eigenvalue weighted by molar-refractivity contribution is -0.121. The summed E-state index contributed by atoms with van der Waals surface area (Å²) >= 11 is 0. The molecule has 0 spiro atoms. The zero-order chi connectivity index (χ0) is 16.4. The Morgan fingerprint density at radius 3 is 2.43 bits per heavy atom. The zero-order valence-corrected chi connectivity index (χ0v) is 14.7. The van der Waals surface area contributed by atoms with Crippen LogP contribution in [0.5, 0.6) is 5.75 Å². The summed E-state index contributed by atoms with van der Waals surface area (Å²) < 4.78 is 5.47. The SMILES string of the molecule is CCCOc1ccc(C(=O)CCC(=O)NCCC(C)N)cc1.Cl. The average Bonchev–Trinajstić information content (AvgIpc) is 2.50. The molecule has 23 heavy (non-hydrogen) atoms. The normalized spacial score (nSPS) is 11.3. The van der Waals surface area contributed by atoms with Crippen molar-refractivity contribution in [2.75, 3.05) is 13.2 Å². The van der Waals surface area contributed by atoms with Crippen LogP contribution in [0, 0.1) is 0 Å². The first-order valence-corrected chi connectivity index (χ1v) is 7.81. The summed E-state index contributed by atoms with van der Waals surface area (Å²) in [5.41, 5.74) is 6.21. The summed E-state index contributed by atoms with van der Waals surface area (Å²) in [5, 5.41) is 2.76. The maximum atomic E-state index is 12.0. The van der Waals surface area contributed by atoms with Gasteiger partial charge in [-0.3, -0.25) is 9.59 Å². The minimum Gasteiger partial charge on any atom is -0.494 e. The van der Waals surface area contributed by atoms with Gasteiger partial charge in [-0.15, -0.1) is 12.4 Å². The van der Waals surface area contributed by atoms with Crippen LogP contribution < -0.4 is 15.8 Å². The Kier molecular flexibility index (Phi) is 11.1. The van der Waals surface area contributed by atoms with Crippen molar-refractivity contribution in [3.05, 3.63) is 29.8 Å². The van der Waals surface area contributed by atoms with Crippen LogP contribution in [-0.4, -0.2) is 30.9 Å². The average molecular weight is 343 g/mol. The van der Waals surface area contributed by atoms with E-state index in [9.17, 15) is 9.59 Å². The number of amides is 1. The molecule has 0 aromatic heterocycles. The van der Waals surface area contributed by atoms with Gasteiger partial charge in [-0.25, -0.2) is 0 Å². The lowest BCUT2D eigenvalue weighted by Gasteiger charge is -2.07. The van der Waals surface area contributed by atoms with Gasteiger partial charge in [0.05, 0.1) is 6.61 Å². The number of ether oxygens (including phenoxy) is 1. The smallest absolute Gasteiger partial charge is 0.220 e. The van der Waals surface area contributed by atoms with Crippen LogP contribution in [0.4, 0.5) is 0 Å². The fourth-order valence-electron chi connectivity index (χ4n) is 1.86. The van der Waals surface area contributed by atoms with Gasteiger partial charge < -0.3 is 15.8 Å². The monoisotopic (exact) mass is 342 g/mol. The first kappa shape index (κ1) is 21.4. The highest BCUT2D eigenvalue weighted by molar-refractivity contribution is 5.98. The van der Waals surface area contributed by atoms with Crippen molar-refractivity contribution in [1.29, 1.82) is 0 Å². The van der Waals surface area contributed by atoms with Gasteiger partial charge in [-0.05, 0) is 44.0 Å². The summed E-state index contributed by atoms with van der Waals surface area (Å²) in [4.78, 5) is 23.6. The molecule has 0 aliphatic heterocycles. The second-order valence-electron chi connectivity index (χ2n) is 5.41. The van der Waals surface area contributed by atoms with Crippen molar-refractivity contribution in [1.82, 2.24) is 5.32 Å². The molecule has 3 N–H and O–H groups in total. The molecule has 0 aliphatic carbocycles. The number of halogens is 1. The second-order valence-corrected chi connectivity index (χ2v) is 5.41. The third-order valence-corrected chi connectivity index (χ3v) is 3.15. The van der Waals surface area contributed by atoms with Crippen molar-refractivity contribution in [3.8, 4) is 5.75 Å². The summed E-state index contributed by atoms with van der Waals surface area (Å²) in [6, 6.07) is 7.11. The van der Waals surface area contributed by atoms with Crippen molar-refractivity contribution in [2.45, 2.75) is 45.6 Å². The van der Waals surface area contributed by atoms with E-state index in [1.807, 2.05) is 13.8 Å². The van der Waals surface area contributed by atoms with E-state index < -0.39 is 0 Å². The van der Waals surface area contributed by atoms with Crippen LogP contribution in [0.3, 0.4) is 0 Å². The van der Waals surface area contributed by atoms with E-state index in [1.165, 1.54) is 0 Å². The maximum absolute atomic E-state index is 12.0. The van der Waals surface area contributed by atoms with Crippen LogP contribution in [0.1, 0.15) is 49.9 Å². The van der Waals surface area contributed by atoms with Crippen LogP contribution in [-0.2, 0) is 4.79 Å². The highest BCUT2D eigenvalue weighted by atomic mass is 35.5. The van der Waals surface area contributed by atoms with Crippen LogP contribution in [0.15, 0.2) is 24.3 Å². The standard InChI is InChI=1S/C17H26N2O3.ClH/c1-3-12-22-15-6-4-14(5-7-15)16(20)8-9-17(21)19-11-10-13(2)18;/h4-7,13H,3,8-12,18H2,1-2H3,(H,19,21);1H. The first-order valence-electron chi connectivity index (χ1n) is 7.81. The summed E-state index contributed by atoms with van der Waals surface area (Å²) in [6.07, 6.45) is 2.09. The van der Waals surface area contributed by atoms with Crippen molar-refractivity contribution >= 4 is 24.1 Å². The molecule has 0 fully saturated rings. The van der Waals surface area contributed by atoms with Crippen molar-refractivity contribution in [2.24, 2.45) is 5.73 Å². The molecule has 0 saturated carbocycles. The fourth-order valence-corrected chi connectivity index (χ4v) is 1.86. The third kappa shape index (κ3) is 9.21. The minimum atomic E-state index is -0.114. The summed E-state index contributed by atoms with van der Waals surface area (Å²) in [7, 11) is 0. The molecule has 0 aliphatic rings. The molecule has 1 aromatic rings. The number of benzene rings is 1. The van der Waals surface area contributed by atoms with Crippen LogP contribution >= 0.6 is 12.4 Å². The Morgan fingerprint density at radius 2 is 1.87 bits per heavy atom. The quantitative estimate of drug-likeness (QED) is 0.640. The number of nitrogens with two attached hydrogens (primary N) is 1. The molecule has 0 saturated heterocycles. The highest BCUT2D eigenvalue weighted by Gasteiger charge is 2.09. The number of nitrogens with one attached hydrogen (secondary N) is 1. The number of carbonyl (C=O) groups excluding carboxylic acids is 2. The van der Waals surface area contributed by atoms with E-state index in [4.69, 9.17) is 10.5 Å². The number of Topliss-reactive ketones (excluding diaryl/α,β-unsaturated/α-hetero) is 1. The van der Waals surface area contributed by atoms with Crippen LogP contribution in [0.2, 0.25) is 0 Å². The van der Waals surface area contributed by atoms with E-state index >= 15 is 0 Å². The zero-order valence-electron chi connectivity index (χ0n) is 13.8. The second kappa shape index (κ2) is 11.9. The van der Waals surface area contributed by atoms with Gasteiger partial charge in [-0.1, -0.05) is 6.92 Å². The Morgan fingerprint density at radius 1 is 1.22 bits per heavy atom. The Labute approximate surface area is 144 Å². The van der Waals surface area contributed by atoms with Crippen molar-refractivity contribution < 1.29 is 14.3 Å². The van der Waals surface area contributed by atoms with E-state index in [2.05, 4.69) is 5.32 Å². The van der Waals surface area contributed by atoms with E-state index in [0.717, 1.165) is 18.6 Å². The van der Waals surface area contributed by atoms with Crippen molar-refractivity contribution in [3.63, 3.8) is 0 Å². The molecule has 0 heterocycles. The molecule has 5 nitrogen and oxygen atoms in total. The summed E-state index contributed by atoms with van der Waals surface area (Å²) in [6.45, 7) is 5.14. The van der Waals surface area contributed by atoms with E-state index in [-0.39, 0.29) is 43.0 Å². The molecule has 0 radical (unpaired) electrons. The lowest BCUT2D eigenvalue weighted by Crippen LogP contribution is -2.29. The topological polar surface area (TPSA) is 81.4 Å². The van der Waals surface area contributed by atoms with Gasteiger partial charge in [0.1, 0.15) is 5.75 Å². The fraction of sp³-hybridized carbons (Fsp3) is 0.529. The van der Waals surface area contributed by atoms with Gasteiger partial charge in [0, 0.05) is 31.0 Å². The number of hydrogen-bond donors (Lipinski definition) is 2. The molecule has 0 bridgehead atoms. The molecule has 1 rings (SSSR count). The number of ketones is 1. The van der Waals surface area contributed by atoms with Gasteiger partial charge in [0.15, 0.2) is 5.78 Å². The molecule has 1 atom stereocenters. The summed E-state index contributed by atoms with van der Waals surface area (Å²) in [5.74, 6) is 0.605. The predicted molar refractivity (Wildman–Crippen MR) is 94.3 cm³/mol.